The third kappa shape index (κ3) is 4.99. The molecule has 0 heterocycles. The first kappa shape index (κ1) is 18.4. The van der Waals surface area contributed by atoms with Crippen LogP contribution in [0.25, 0.3) is 0 Å². The highest BCUT2D eigenvalue weighted by Crippen LogP contribution is 2.27. The number of nitrogens with zero attached hydrogens (tertiary/aromatic N) is 1. The fraction of sp³-hybridized carbons (Fsp3) is 0.533. The van der Waals surface area contributed by atoms with E-state index in [4.69, 9.17) is 5.11 Å². The molecule has 1 aromatic carbocycles. The Hall–Kier alpha value is -1.60. The number of hydrogen-bond donors (Lipinski definition) is 2. The number of carbonyl (C=O) groups is 1. The maximum absolute atomic E-state index is 11.7. The Morgan fingerprint density at radius 3 is 2.18 bits per heavy atom. The zero-order valence-electron chi connectivity index (χ0n) is 13.1. The molecule has 0 aromatic heterocycles. The second-order valence-electron chi connectivity index (χ2n) is 5.89. The summed E-state index contributed by atoms with van der Waals surface area (Å²) in [5.74, 6) is -0.475. The van der Waals surface area contributed by atoms with Crippen molar-refractivity contribution in [1.82, 2.24) is 0 Å². The van der Waals surface area contributed by atoms with E-state index in [0.29, 0.717) is 5.69 Å². The van der Waals surface area contributed by atoms with Crippen molar-refractivity contribution in [3.63, 3.8) is 0 Å². The molecule has 1 aromatic rings. The molecular weight excluding hydrogens is 306 g/mol. The van der Waals surface area contributed by atoms with Gasteiger partial charge in [-0.1, -0.05) is 17.7 Å². The largest absolute Gasteiger partial charge is 0.465 e. The molecule has 1 rings (SSSR count). The molecule has 0 unspecified atom stereocenters. The molecule has 0 radical (unpaired) electrons. The highest BCUT2D eigenvalue weighted by Gasteiger charge is 2.33. The Morgan fingerprint density at radius 2 is 1.73 bits per heavy atom. The van der Waals surface area contributed by atoms with E-state index in [1.807, 2.05) is 19.1 Å². The van der Waals surface area contributed by atoms with Gasteiger partial charge < -0.3 is 10.2 Å². The van der Waals surface area contributed by atoms with Crippen LogP contribution in [0.2, 0.25) is 0 Å². The summed E-state index contributed by atoms with van der Waals surface area (Å²) >= 11 is 0. The summed E-state index contributed by atoms with van der Waals surface area (Å²) in [5.41, 5.74) is 0.629. The number of rotatable bonds is 7. The predicted molar refractivity (Wildman–Crippen MR) is 86.1 cm³/mol. The van der Waals surface area contributed by atoms with Crippen molar-refractivity contribution in [3.05, 3.63) is 29.8 Å². The van der Waals surface area contributed by atoms with E-state index in [-0.39, 0.29) is 17.9 Å². The summed E-state index contributed by atoms with van der Waals surface area (Å²) in [6.07, 6.45) is -0.983. The lowest BCUT2D eigenvalue weighted by atomic mass is 9.98. The van der Waals surface area contributed by atoms with E-state index in [2.05, 4.69) is 0 Å². The maximum Gasteiger partial charge on any atom is 0.412 e. The van der Waals surface area contributed by atoms with Gasteiger partial charge in [-0.25, -0.2) is 13.2 Å². The van der Waals surface area contributed by atoms with Crippen LogP contribution in [0.4, 0.5) is 10.5 Å². The molecule has 0 atom stereocenters. The van der Waals surface area contributed by atoms with Crippen LogP contribution in [-0.2, 0) is 9.84 Å². The standard InChI is InChI=1S/C15H23NO5S/c1-12-4-6-13(7-5-12)16(14(18)19)15(2,3)8-10-22(20,21)11-9-17/h4-7,17H,8-11H2,1-3H3,(H,18,19). The smallest absolute Gasteiger partial charge is 0.412 e. The first-order valence-corrected chi connectivity index (χ1v) is 8.82. The second-order valence-corrected chi connectivity index (χ2v) is 8.20. The molecular formula is C15H23NO5S. The number of aliphatic hydroxyl groups is 1. The van der Waals surface area contributed by atoms with E-state index in [9.17, 15) is 18.3 Å². The number of aryl methyl sites for hydroxylation is 1. The number of aliphatic hydroxyl groups excluding tert-OH is 1. The highest BCUT2D eigenvalue weighted by atomic mass is 32.2. The highest BCUT2D eigenvalue weighted by molar-refractivity contribution is 7.91. The summed E-state index contributed by atoms with van der Waals surface area (Å²) < 4.78 is 23.4. The predicted octanol–water partition coefficient (Wildman–Crippen LogP) is 2.06. The fourth-order valence-electron chi connectivity index (χ4n) is 2.17. The molecule has 0 saturated heterocycles. The molecule has 0 saturated carbocycles. The lowest BCUT2D eigenvalue weighted by Crippen LogP contribution is -2.48. The molecule has 0 aliphatic heterocycles. The van der Waals surface area contributed by atoms with Gasteiger partial charge in [0.1, 0.15) is 0 Å². The van der Waals surface area contributed by atoms with E-state index in [1.54, 1.807) is 26.0 Å². The fourth-order valence-corrected chi connectivity index (χ4v) is 3.46. The van der Waals surface area contributed by atoms with Gasteiger partial charge in [0.15, 0.2) is 9.84 Å². The van der Waals surface area contributed by atoms with Crippen molar-refractivity contribution in [1.29, 1.82) is 0 Å². The van der Waals surface area contributed by atoms with Crippen LogP contribution >= 0.6 is 0 Å². The van der Waals surface area contributed by atoms with E-state index >= 15 is 0 Å². The molecule has 0 spiro atoms. The van der Waals surface area contributed by atoms with Gasteiger partial charge in [-0.05, 0) is 39.3 Å². The Morgan fingerprint density at radius 1 is 1.18 bits per heavy atom. The zero-order valence-corrected chi connectivity index (χ0v) is 13.9. The quantitative estimate of drug-likeness (QED) is 0.798. The minimum Gasteiger partial charge on any atom is -0.465 e. The van der Waals surface area contributed by atoms with Gasteiger partial charge in [-0.2, -0.15) is 0 Å². The molecule has 1 amide bonds. The topological polar surface area (TPSA) is 94.9 Å². The van der Waals surface area contributed by atoms with Gasteiger partial charge in [0.25, 0.3) is 0 Å². The minimum absolute atomic E-state index is 0.148. The van der Waals surface area contributed by atoms with Gasteiger partial charge in [-0.3, -0.25) is 4.90 Å². The van der Waals surface area contributed by atoms with Crippen LogP contribution in [0.15, 0.2) is 24.3 Å². The van der Waals surface area contributed by atoms with Crippen LogP contribution in [0.1, 0.15) is 25.8 Å². The average Bonchev–Trinajstić information content (AvgIpc) is 2.39. The van der Waals surface area contributed by atoms with Gasteiger partial charge in [0, 0.05) is 11.2 Å². The van der Waals surface area contributed by atoms with Crippen molar-refractivity contribution < 1.29 is 23.4 Å². The van der Waals surface area contributed by atoms with Crippen molar-refractivity contribution in [2.75, 3.05) is 23.0 Å². The summed E-state index contributed by atoms with van der Waals surface area (Å²) in [6.45, 7) is 4.86. The van der Waals surface area contributed by atoms with Crippen molar-refractivity contribution in [2.45, 2.75) is 32.7 Å². The summed E-state index contributed by atoms with van der Waals surface area (Å²) in [4.78, 5) is 12.8. The third-order valence-corrected chi connectivity index (χ3v) is 5.15. The normalized spacial score (nSPS) is 12.2. The lowest BCUT2D eigenvalue weighted by molar-refractivity contribution is 0.194. The van der Waals surface area contributed by atoms with Gasteiger partial charge in [0.05, 0.1) is 18.1 Å². The molecule has 0 aliphatic carbocycles. The summed E-state index contributed by atoms with van der Waals surface area (Å²) in [7, 11) is -3.38. The van der Waals surface area contributed by atoms with E-state index in [1.165, 1.54) is 4.90 Å². The van der Waals surface area contributed by atoms with Crippen LogP contribution in [0.5, 0.6) is 0 Å². The number of sulfone groups is 1. The molecule has 124 valence electrons. The van der Waals surface area contributed by atoms with Crippen LogP contribution in [-0.4, -0.2) is 48.4 Å². The molecule has 22 heavy (non-hydrogen) atoms. The molecule has 0 aliphatic rings. The zero-order chi connectivity index (χ0) is 17.0. The second kappa shape index (κ2) is 7.11. The Balaban J connectivity index is 2.99. The molecule has 7 heteroatoms. The number of hydrogen-bond acceptors (Lipinski definition) is 4. The SMILES string of the molecule is Cc1ccc(N(C(=O)O)C(C)(C)CCS(=O)(=O)CCO)cc1. The Labute approximate surface area is 131 Å². The van der Waals surface area contributed by atoms with E-state index < -0.39 is 28.1 Å². The molecule has 0 fully saturated rings. The minimum atomic E-state index is -3.38. The van der Waals surface area contributed by atoms with Crippen LogP contribution < -0.4 is 4.90 Å². The molecule has 0 bridgehead atoms. The van der Waals surface area contributed by atoms with Gasteiger partial charge in [-0.15, -0.1) is 0 Å². The molecule has 2 N–H and O–H groups in total. The first-order chi connectivity index (χ1) is 10.1. The van der Waals surface area contributed by atoms with Crippen molar-refractivity contribution >= 4 is 21.6 Å². The lowest BCUT2D eigenvalue weighted by Gasteiger charge is -2.36. The average molecular weight is 329 g/mol. The molecule has 6 nitrogen and oxygen atoms in total. The third-order valence-electron chi connectivity index (χ3n) is 3.52. The Kier molecular flexibility index (Phi) is 5.96. The van der Waals surface area contributed by atoms with Crippen LogP contribution in [0, 0.1) is 6.92 Å². The monoisotopic (exact) mass is 329 g/mol. The summed E-state index contributed by atoms with van der Waals surface area (Å²) in [6, 6.07) is 7.02. The summed E-state index contributed by atoms with van der Waals surface area (Å²) in [5, 5.41) is 18.2. The van der Waals surface area contributed by atoms with Gasteiger partial charge >= 0.3 is 6.09 Å². The van der Waals surface area contributed by atoms with Crippen LogP contribution in [0.3, 0.4) is 0 Å². The number of anilines is 1. The number of amides is 1. The van der Waals surface area contributed by atoms with E-state index in [0.717, 1.165) is 5.56 Å². The van der Waals surface area contributed by atoms with Gasteiger partial charge in [0.2, 0.25) is 0 Å². The first-order valence-electron chi connectivity index (χ1n) is 7.00. The number of carboxylic acid groups (broad SMARTS) is 1. The van der Waals surface area contributed by atoms with Crippen molar-refractivity contribution in [3.8, 4) is 0 Å². The maximum atomic E-state index is 11.7. The van der Waals surface area contributed by atoms with Crippen molar-refractivity contribution in [2.24, 2.45) is 0 Å². The Bertz CT molecular complexity index is 607. The number of benzene rings is 1.